The molecule has 88 valence electrons. The Labute approximate surface area is 110 Å². The van der Waals surface area contributed by atoms with Gasteiger partial charge in [-0.2, -0.15) is 0 Å². The Bertz CT molecular complexity index is 335. The molecule has 0 fully saturated rings. The predicted octanol–water partition coefficient (Wildman–Crippen LogP) is 2.99. The Balaban J connectivity index is 2.54. The van der Waals surface area contributed by atoms with Crippen molar-refractivity contribution < 1.29 is 9.53 Å². The van der Waals surface area contributed by atoms with Gasteiger partial charge in [0, 0.05) is 5.69 Å². The van der Waals surface area contributed by atoms with Crippen molar-refractivity contribution in [3.63, 3.8) is 0 Å². The maximum absolute atomic E-state index is 11.2. The summed E-state index contributed by atoms with van der Waals surface area (Å²) in [5.74, 6) is -0.175. The lowest BCUT2D eigenvalue weighted by Crippen LogP contribution is -2.08. The number of alkyl halides is 1. The molecule has 0 aromatic heterocycles. The first-order valence-corrected chi connectivity index (χ1v) is 6.51. The Morgan fingerprint density at radius 2 is 2.06 bits per heavy atom. The summed E-state index contributed by atoms with van der Waals surface area (Å²) < 4.78 is 5.27. The molecule has 0 saturated carbocycles. The molecule has 0 heterocycles. The summed E-state index contributed by atoms with van der Waals surface area (Å²) in [6, 6.07) is 7.84. The predicted molar refractivity (Wildman–Crippen MR) is 73.9 cm³/mol. The number of esters is 1. The van der Waals surface area contributed by atoms with E-state index < -0.39 is 0 Å². The van der Waals surface area contributed by atoms with E-state index >= 15 is 0 Å². The van der Waals surface area contributed by atoms with E-state index in [2.05, 4.69) is 34.8 Å². The van der Waals surface area contributed by atoms with E-state index in [0.717, 1.165) is 11.3 Å². The molecule has 16 heavy (non-hydrogen) atoms. The van der Waals surface area contributed by atoms with E-state index in [9.17, 15) is 4.79 Å². The lowest BCUT2D eigenvalue weighted by atomic mass is 10.1. The van der Waals surface area contributed by atoms with Gasteiger partial charge in [-0.25, -0.2) is 0 Å². The Kier molecular flexibility index (Phi) is 5.59. The Hall–Kier alpha value is -0.780. The molecule has 0 amide bonds. The van der Waals surface area contributed by atoms with Gasteiger partial charge in [0.15, 0.2) is 0 Å². The number of carbonyl (C=O) groups is 1. The summed E-state index contributed by atoms with van der Waals surface area (Å²) in [4.78, 5) is 11.2. The van der Waals surface area contributed by atoms with Crippen LogP contribution in [-0.4, -0.2) is 16.6 Å². The minimum Gasteiger partial charge on any atom is -0.466 e. The second-order valence-electron chi connectivity index (χ2n) is 3.44. The third kappa shape index (κ3) is 4.83. The molecule has 0 spiro atoms. The van der Waals surface area contributed by atoms with Crippen molar-refractivity contribution in [2.24, 2.45) is 0 Å². The van der Waals surface area contributed by atoms with Crippen molar-refractivity contribution >= 4 is 34.2 Å². The Morgan fingerprint density at radius 1 is 1.44 bits per heavy atom. The molecule has 1 aromatic carbocycles. The van der Waals surface area contributed by atoms with Crippen molar-refractivity contribution in [1.29, 1.82) is 0 Å². The van der Waals surface area contributed by atoms with Gasteiger partial charge in [0.2, 0.25) is 0 Å². The van der Waals surface area contributed by atoms with Crippen LogP contribution >= 0.6 is 22.6 Å². The molecule has 0 unspecified atom stereocenters. The number of halogens is 1. The number of rotatable bonds is 5. The molecule has 0 bridgehead atoms. The van der Waals surface area contributed by atoms with Gasteiger partial charge in [0.1, 0.15) is 0 Å². The van der Waals surface area contributed by atoms with Crippen LogP contribution in [0.4, 0.5) is 5.69 Å². The zero-order chi connectivity index (χ0) is 12.0. The summed E-state index contributed by atoms with van der Waals surface area (Å²) >= 11 is 2.30. The molecule has 0 saturated heterocycles. The second-order valence-corrected chi connectivity index (χ2v) is 5.31. The highest BCUT2D eigenvalue weighted by atomic mass is 127. The first-order chi connectivity index (χ1) is 7.61. The molecule has 0 aliphatic heterocycles. The number of anilines is 1. The highest BCUT2D eigenvalue weighted by Crippen LogP contribution is 2.13. The smallest absolute Gasteiger partial charge is 0.310 e. The maximum Gasteiger partial charge on any atom is 0.310 e. The number of carbonyl (C=O) groups excluding carboxylic acids is 1. The normalized spacial score (nSPS) is 11.9. The van der Waals surface area contributed by atoms with Gasteiger partial charge >= 0.3 is 5.97 Å². The van der Waals surface area contributed by atoms with E-state index in [1.165, 1.54) is 0 Å². The van der Waals surface area contributed by atoms with Crippen LogP contribution in [0.25, 0.3) is 0 Å². The lowest BCUT2D eigenvalue weighted by molar-refractivity contribution is -0.142. The SMILES string of the molecule is CCOC(=O)Cc1ccc(N[C@@H](C)I)cc1. The molecule has 1 rings (SSSR count). The van der Waals surface area contributed by atoms with Gasteiger partial charge < -0.3 is 10.1 Å². The number of hydrogen-bond acceptors (Lipinski definition) is 3. The molecule has 0 radical (unpaired) electrons. The average molecular weight is 333 g/mol. The third-order valence-corrected chi connectivity index (χ3v) is 2.28. The van der Waals surface area contributed by atoms with Crippen LogP contribution in [-0.2, 0) is 16.0 Å². The number of hydrogen-bond donors (Lipinski definition) is 1. The molecule has 1 N–H and O–H groups in total. The summed E-state index contributed by atoms with van der Waals surface area (Å²) in [5.41, 5.74) is 2.04. The highest BCUT2D eigenvalue weighted by Gasteiger charge is 2.03. The number of ether oxygens (including phenoxy) is 1. The van der Waals surface area contributed by atoms with Crippen molar-refractivity contribution in [3.8, 4) is 0 Å². The summed E-state index contributed by atoms with van der Waals surface area (Å²) in [7, 11) is 0. The van der Waals surface area contributed by atoms with Gasteiger partial charge in [0.05, 0.1) is 17.1 Å². The van der Waals surface area contributed by atoms with E-state index in [-0.39, 0.29) is 5.97 Å². The first kappa shape index (κ1) is 13.3. The van der Waals surface area contributed by atoms with Crippen LogP contribution in [0.2, 0.25) is 0 Å². The molecule has 0 aliphatic rings. The summed E-state index contributed by atoms with van der Waals surface area (Å²) in [6.45, 7) is 4.32. The van der Waals surface area contributed by atoms with Crippen molar-refractivity contribution in [2.75, 3.05) is 11.9 Å². The van der Waals surface area contributed by atoms with Crippen LogP contribution in [0.5, 0.6) is 0 Å². The van der Waals surface area contributed by atoms with Gasteiger partial charge in [0.25, 0.3) is 0 Å². The molecule has 0 aliphatic carbocycles. The zero-order valence-electron chi connectivity index (χ0n) is 9.50. The van der Waals surface area contributed by atoms with Crippen LogP contribution in [0.15, 0.2) is 24.3 Å². The van der Waals surface area contributed by atoms with Crippen LogP contribution in [0.1, 0.15) is 19.4 Å². The van der Waals surface area contributed by atoms with Crippen LogP contribution in [0, 0.1) is 0 Å². The van der Waals surface area contributed by atoms with Crippen molar-refractivity contribution in [1.82, 2.24) is 0 Å². The fourth-order valence-corrected chi connectivity index (χ4v) is 1.69. The monoisotopic (exact) mass is 333 g/mol. The van der Waals surface area contributed by atoms with Crippen molar-refractivity contribution in [2.45, 2.75) is 24.3 Å². The fourth-order valence-electron chi connectivity index (χ4n) is 1.33. The highest BCUT2D eigenvalue weighted by molar-refractivity contribution is 14.1. The van der Waals surface area contributed by atoms with Gasteiger partial charge in [-0.3, -0.25) is 4.79 Å². The standard InChI is InChI=1S/C12H16INO2/c1-3-16-12(15)8-10-4-6-11(7-5-10)14-9(2)13/h4-7,9,14H,3,8H2,1-2H3/t9-/m0/s1. The minimum absolute atomic E-state index is 0.175. The van der Waals surface area contributed by atoms with Crippen LogP contribution < -0.4 is 5.32 Å². The number of nitrogens with one attached hydrogen (secondary N) is 1. The largest absolute Gasteiger partial charge is 0.466 e. The fraction of sp³-hybridized carbons (Fsp3) is 0.417. The molecular weight excluding hydrogens is 317 g/mol. The number of benzene rings is 1. The average Bonchev–Trinajstić information content (AvgIpc) is 2.20. The molecule has 1 atom stereocenters. The molecule has 4 heteroatoms. The van der Waals surface area contributed by atoms with Crippen molar-refractivity contribution in [3.05, 3.63) is 29.8 Å². The van der Waals surface area contributed by atoms with E-state index in [0.29, 0.717) is 17.1 Å². The Morgan fingerprint density at radius 3 is 2.56 bits per heavy atom. The summed E-state index contributed by atoms with van der Waals surface area (Å²) in [6.07, 6.45) is 0.341. The van der Waals surface area contributed by atoms with Gasteiger partial charge in [-0.1, -0.05) is 34.7 Å². The minimum atomic E-state index is -0.175. The van der Waals surface area contributed by atoms with Crippen LogP contribution in [0.3, 0.4) is 0 Å². The van der Waals surface area contributed by atoms with Gasteiger partial charge in [-0.05, 0) is 31.5 Å². The van der Waals surface area contributed by atoms with E-state index in [1.54, 1.807) is 0 Å². The maximum atomic E-state index is 11.2. The quantitative estimate of drug-likeness (QED) is 0.390. The van der Waals surface area contributed by atoms with Gasteiger partial charge in [-0.15, -0.1) is 0 Å². The molecular formula is C12H16INO2. The molecule has 3 nitrogen and oxygen atoms in total. The van der Waals surface area contributed by atoms with E-state index in [4.69, 9.17) is 4.74 Å². The third-order valence-electron chi connectivity index (χ3n) is 1.97. The topological polar surface area (TPSA) is 38.3 Å². The zero-order valence-corrected chi connectivity index (χ0v) is 11.7. The second kappa shape index (κ2) is 6.73. The van der Waals surface area contributed by atoms with E-state index in [1.807, 2.05) is 31.2 Å². The lowest BCUT2D eigenvalue weighted by Gasteiger charge is -2.09. The molecule has 1 aromatic rings. The summed E-state index contributed by atoms with van der Waals surface area (Å²) in [5, 5.41) is 3.28. The first-order valence-electron chi connectivity index (χ1n) is 5.27.